The molecule has 110 valence electrons. The minimum Gasteiger partial charge on any atom is -0.374 e. The Morgan fingerprint density at radius 1 is 1.10 bits per heavy atom. The van der Waals surface area contributed by atoms with Crippen molar-refractivity contribution in [3.8, 4) is 0 Å². The Labute approximate surface area is 130 Å². The van der Waals surface area contributed by atoms with Crippen molar-refractivity contribution in [2.24, 2.45) is 0 Å². The Bertz CT molecular complexity index is 638. The zero-order valence-corrected chi connectivity index (χ0v) is 13.2. The molecule has 0 bridgehead atoms. The molecule has 2 aromatic rings. The van der Waals surface area contributed by atoms with Gasteiger partial charge in [0.25, 0.3) is 0 Å². The molecule has 0 saturated heterocycles. The number of hydrogen-bond donors (Lipinski definition) is 2. The highest BCUT2D eigenvalue weighted by Gasteiger charge is 2.13. The predicted octanol–water partition coefficient (Wildman–Crippen LogP) is 4.40. The summed E-state index contributed by atoms with van der Waals surface area (Å²) in [7, 11) is 0. The van der Waals surface area contributed by atoms with Gasteiger partial charge in [0, 0.05) is 16.4 Å². The number of carbonyl (C=O) groups is 1. The Balaban J connectivity index is 2.02. The van der Waals surface area contributed by atoms with Gasteiger partial charge in [0.15, 0.2) is 0 Å². The molecule has 2 rings (SSSR count). The van der Waals surface area contributed by atoms with Crippen LogP contribution in [0.15, 0.2) is 42.5 Å². The fraction of sp³-hybridized carbons (Fsp3) is 0.235. The Morgan fingerprint density at radius 2 is 1.76 bits per heavy atom. The fourth-order valence-electron chi connectivity index (χ4n) is 1.97. The van der Waals surface area contributed by atoms with Crippen molar-refractivity contribution in [2.45, 2.75) is 26.8 Å². The van der Waals surface area contributed by atoms with Crippen molar-refractivity contribution < 1.29 is 4.79 Å². The van der Waals surface area contributed by atoms with E-state index in [2.05, 4.69) is 16.7 Å². The number of carbonyl (C=O) groups excluding carboxylic acids is 1. The lowest BCUT2D eigenvalue weighted by molar-refractivity contribution is -0.116. The van der Waals surface area contributed by atoms with Gasteiger partial charge in [0.05, 0.1) is 0 Å². The highest BCUT2D eigenvalue weighted by Crippen LogP contribution is 2.18. The number of anilines is 2. The van der Waals surface area contributed by atoms with Crippen LogP contribution in [0.2, 0.25) is 5.02 Å². The summed E-state index contributed by atoms with van der Waals surface area (Å²) >= 11 is 5.83. The maximum absolute atomic E-state index is 12.2. The third kappa shape index (κ3) is 4.23. The average Bonchev–Trinajstić information content (AvgIpc) is 2.45. The van der Waals surface area contributed by atoms with E-state index < -0.39 is 0 Å². The van der Waals surface area contributed by atoms with Crippen LogP contribution in [0.3, 0.4) is 0 Å². The van der Waals surface area contributed by atoms with E-state index in [0.29, 0.717) is 5.02 Å². The van der Waals surface area contributed by atoms with Gasteiger partial charge in [-0.2, -0.15) is 0 Å². The van der Waals surface area contributed by atoms with Crippen molar-refractivity contribution in [3.63, 3.8) is 0 Å². The van der Waals surface area contributed by atoms with Crippen LogP contribution in [0.4, 0.5) is 11.4 Å². The largest absolute Gasteiger partial charge is 0.374 e. The van der Waals surface area contributed by atoms with Crippen molar-refractivity contribution in [2.75, 3.05) is 10.6 Å². The quantitative estimate of drug-likeness (QED) is 0.879. The number of amides is 1. The second-order valence-electron chi connectivity index (χ2n) is 5.18. The topological polar surface area (TPSA) is 41.1 Å². The molecular formula is C17H19ClN2O. The number of halogens is 1. The molecule has 0 fully saturated rings. The Morgan fingerprint density at radius 3 is 2.43 bits per heavy atom. The smallest absolute Gasteiger partial charge is 0.246 e. The molecule has 1 amide bonds. The van der Waals surface area contributed by atoms with E-state index in [1.807, 2.05) is 32.9 Å². The molecular weight excluding hydrogens is 284 g/mol. The van der Waals surface area contributed by atoms with Crippen molar-refractivity contribution in [1.29, 1.82) is 0 Å². The van der Waals surface area contributed by atoms with Gasteiger partial charge in [-0.1, -0.05) is 23.7 Å². The molecule has 4 heteroatoms. The van der Waals surface area contributed by atoms with E-state index in [9.17, 15) is 4.79 Å². The van der Waals surface area contributed by atoms with Crippen LogP contribution >= 0.6 is 11.6 Å². The summed E-state index contributed by atoms with van der Waals surface area (Å²) in [6, 6.07) is 12.9. The molecule has 0 heterocycles. The van der Waals surface area contributed by atoms with Crippen LogP contribution < -0.4 is 10.6 Å². The summed E-state index contributed by atoms with van der Waals surface area (Å²) in [4.78, 5) is 12.2. The molecule has 0 aliphatic carbocycles. The first-order valence-electron chi connectivity index (χ1n) is 6.86. The second-order valence-corrected chi connectivity index (χ2v) is 5.62. The van der Waals surface area contributed by atoms with E-state index in [0.717, 1.165) is 22.5 Å². The van der Waals surface area contributed by atoms with Gasteiger partial charge >= 0.3 is 0 Å². The van der Waals surface area contributed by atoms with Crippen LogP contribution in [0.1, 0.15) is 18.1 Å². The molecule has 2 aromatic carbocycles. The minimum atomic E-state index is -0.332. The Kier molecular flexibility index (Phi) is 4.86. The lowest BCUT2D eigenvalue weighted by atomic mass is 10.1. The summed E-state index contributed by atoms with van der Waals surface area (Å²) in [5.41, 5.74) is 3.99. The highest BCUT2D eigenvalue weighted by atomic mass is 35.5. The molecule has 0 radical (unpaired) electrons. The lowest BCUT2D eigenvalue weighted by Gasteiger charge is -2.17. The fourth-order valence-corrected chi connectivity index (χ4v) is 2.10. The first-order chi connectivity index (χ1) is 9.95. The zero-order valence-electron chi connectivity index (χ0n) is 12.4. The summed E-state index contributed by atoms with van der Waals surface area (Å²) in [6.07, 6.45) is 0. The highest BCUT2D eigenvalue weighted by molar-refractivity contribution is 6.30. The van der Waals surface area contributed by atoms with Gasteiger partial charge in [-0.3, -0.25) is 4.79 Å². The number of hydrogen-bond acceptors (Lipinski definition) is 2. The van der Waals surface area contributed by atoms with Crippen LogP contribution in [0.25, 0.3) is 0 Å². The monoisotopic (exact) mass is 302 g/mol. The summed E-state index contributed by atoms with van der Waals surface area (Å²) in [6.45, 7) is 5.89. The van der Waals surface area contributed by atoms with Crippen molar-refractivity contribution in [1.82, 2.24) is 0 Å². The second kappa shape index (κ2) is 6.64. The third-order valence-electron chi connectivity index (χ3n) is 3.27. The maximum Gasteiger partial charge on any atom is 0.246 e. The summed E-state index contributed by atoms with van der Waals surface area (Å²) < 4.78 is 0. The van der Waals surface area contributed by atoms with Crippen LogP contribution in [-0.2, 0) is 4.79 Å². The standard InChI is InChI=1S/C17H19ClN2O/c1-11-4-5-12(2)16(10-11)19-13(3)17(21)20-15-8-6-14(18)7-9-15/h4-10,13,19H,1-3H3,(H,20,21). The minimum absolute atomic E-state index is 0.0850. The number of rotatable bonds is 4. The van der Waals surface area contributed by atoms with E-state index in [1.165, 1.54) is 0 Å². The first-order valence-corrected chi connectivity index (χ1v) is 7.24. The Hall–Kier alpha value is -2.00. The number of nitrogens with one attached hydrogen (secondary N) is 2. The summed E-state index contributed by atoms with van der Waals surface area (Å²) in [5.74, 6) is -0.0850. The van der Waals surface area contributed by atoms with Crippen molar-refractivity contribution >= 4 is 28.9 Å². The van der Waals surface area contributed by atoms with Gasteiger partial charge in [-0.05, 0) is 62.2 Å². The SMILES string of the molecule is Cc1ccc(C)c(NC(C)C(=O)Nc2ccc(Cl)cc2)c1. The molecule has 21 heavy (non-hydrogen) atoms. The van der Waals surface area contributed by atoms with Crippen LogP contribution in [0, 0.1) is 13.8 Å². The molecule has 1 unspecified atom stereocenters. The average molecular weight is 303 g/mol. The third-order valence-corrected chi connectivity index (χ3v) is 3.52. The lowest BCUT2D eigenvalue weighted by Crippen LogP contribution is -2.32. The molecule has 0 aromatic heterocycles. The van der Waals surface area contributed by atoms with E-state index in [-0.39, 0.29) is 11.9 Å². The molecule has 1 atom stereocenters. The zero-order chi connectivity index (χ0) is 15.4. The van der Waals surface area contributed by atoms with Gasteiger partial charge < -0.3 is 10.6 Å². The van der Waals surface area contributed by atoms with Gasteiger partial charge in [0.2, 0.25) is 5.91 Å². The van der Waals surface area contributed by atoms with Crippen LogP contribution in [0.5, 0.6) is 0 Å². The van der Waals surface area contributed by atoms with Gasteiger partial charge in [-0.25, -0.2) is 0 Å². The molecule has 0 aliphatic heterocycles. The first kappa shape index (κ1) is 15.4. The van der Waals surface area contributed by atoms with Crippen molar-refractivity contribution in [3.05, 3.63) is 58.6 Å². The van der Waals surface area contributed by atoms with Gasteiger partial charge in [0.1, 0.15) is 6.04 Å². The molecule has 2 N–H and O–H groups in total. The van der Waals surface area contributed by atoms with Crippen LogP contribution in [-0.4, -0.2) is 11.9 Å². The molecule has 0 spiro atoms. The molecule has 3 nitrogen and oxygen atoms in total. The molecule has 0 saturated carbocycles. The van der Waals surface area contributed by atoms with E-state index >= 15 is 0 Å². The normalized spacial score (nSPS) is 11.8. The number of benzene rings is 2. The maximum atomic E-state index is 12.2. The van der Waals surface area contributed by atoms with Gasteiger partial charge in [-0.15, -0.1) is 0 Å². The number of aryl methyl sites for hydroxylation is 2. The molecule has 0 aliphatic rings. The summed E-state index contributed by atoms with van der Waals surface area (Å²) in [5, 5.41) is 6.76. The van der Waals surface area contributed by atoms with E-state index in [1.54, 1.807) is 24.3 Å². The van der Waals surface area contributed by atoms with E-state index in [4.69, 9.17) is 11.6 Å². The predicted molar refractivity (Wildman–Crippen MR) is 89.1 cm³/mol.